The molecule has 4 nitrogen and oxygen atoms in total. The summed E-state index contributed by atoms with van der Waals surface area (Å²) in [5.74, 6) is 0.765. The maximum Gasteiger partial charge on any atom is 0.255 e. The summed E-state index contributed by atoms with van der Waals surface area (Å²) in [7, 11) is 1.97. The van der Waals surface area contributed by atoms with Gasteiger partial charge in [0.1, 0.15) is 0 Å². The van der Waals surface area contributed by atoms with E-state index in [1.807, 2.05) is 31.1 Å². The second kappa shape index (κ2) is 5.36. The van der Waals surface area contributed by atoms with Gasteiger partial charge in [-0.2, -0.15) is 0 Å². The SMILES string of the molecule is CNC[C@H]1CCCN(C(=O)c2cc[nH]c2C)C1. The van der Waals surface area contributed by atoms with Crippen LogP contribution in [-0.2, 0) is 0 Å². The van der Waals surface area contributed by atoms with E-state index in [1.54, 1.807) is 0 Å². The predicted molar refractivity (Wildman–Crippen MR) is 68.1 cm³/mol. The molecule has 2 rings (SSSR count). The van der Waals surface area contributed by atoms with Crippen molar-refractivity contribution >= 4 is 5.91 Å². The number of rotatable bonds is 3. The van der Waals surface area contributed by atoms with Crippen LogP contribution in [0, 0.1) is 12.8 Å². The average molecular weight is 235 g/mol. The zero-order chi connectivity index (χ0) is 12.3. The molecule has 94 valence electrons. The van der Waals surface area contributed by atoms with Crippen LogP contribution in [0.25, 0.3) is 0 Å². The van der Waals surface area contributed by atoms with E-state index in [0.29, 0.717) is 5.92 Å². The lowest BCUT2D eigenvalue weighted by Crippen LogP contribution is -2.42. The third-order valence-electron chi connectivity index (χ3n) is 3.48. The van der Waals surface area contributed by atoms with Gasteiger partial charge in [0.2, 0.25) is 0 Å². The van der Waals surface area contributed by atoms with Gasteiger partial charge in [-0.25, -0.2) is 0 Å². The van der Waals surface area contributed by atoms with Crippen LogP contribution in [-0.4, -0.2) is 42.5 Å². The van der Waals surface area contributed by atoms with Gasteiger partial charge in [-0.1, -0.05) is 0 Å². The number of hydrogen-bond donors (Lipinski definition) is 2. The number of nitrogens with zero attached hydrogens (tertiary/aromatic N) is 1. The van der Waals surface area contributed by atoms with Gasteiger partial charge in [0.25, 0.3) is 5.91 Å². The molecule has 1 amide bonds. The number of aromatic amines is 1. The van der Waals surface area contributed by atoms with Crippen molar-refractivity contribution in [3.8, 4) is 0 Å². The van der Waals surface area contributed by atoms with E-state index in [-0.39, 0.29) is 5.91 Å². The molecule has 0 spiro atoms. The maximum absolute atomic E-state index is 12.3. The fourth-order valence-electron chi connectivity index (χ4n) is 2.56. The van der Waals surface area contributed by atoms with Crippen LogP contribution in [0.5, 0.6) is 0 Å². The Balaban J connectivity index is 2.02. The lowest BCUT2D eigenvalue weighted by molar-refractivity contribution is 0.0673. The van der Waals surface area contributed by atoms with Crippen molar-refractivity contribution in [2.75, 3.05) is 26.7 Å². The highest BCUT2D eigenvalue weighted by atomic mass is 16.2. The summed E-state index contributed by atoms with van der Waals surface area (Å²) >= 11 is 0. The topological polar surface area (TPSA) is 48.1 Å². The Morgan fingerprint density at radius 3 is 3.12 bits per heavy atom. The van der Waals surface area contributed by atoms with Gasteiger partial charge in [-0.3, -0.25) is 4.79 Å². The smallest absolute Gasteiger partial charge is 0.255 e. The van der Waals surface area contributed by atoms with Crippen LogP contribution in [0.1, 0.15) is 28.9 Å². The van der Waals surface area contributed by atoms with Gasteiger partial charge < -0.3 is 15.2 Å². The van der Waals surface area contributed by atoms with E-state index >= 15 is 0 Å². The van der Waals surface area contributed by atoms with Crippen LogP contribution in [0.2, 0.25) is 0 Å². The molecule has 4 heteroatoms. The number of likely N-dealkylation sites (tertiary alicyclic amines) is 1. The second-order valence-electron chi connectivity index (χ2n) is 4.83. The van der Waals surface area contributed by atoms with Crippen molar-refractivity contribution in [3.05, 3.63) is 23.5 Å². The standard InChI is InChI=1S/C13H21N3O/c1-10-12(5-6-15-10)13(17)16-7-3-4-11(9-16)8-14-2/h5-6,11,14-15H,3-4,7-9H2,1-2H3/t11-/m1/s1. The highest BCUT2D eigenvalue weighted by Gasteiger charge is 2.24. The summed E-state index contributed by atoms with van der Waals surface area (Å²) in [5.41, 5.74) is 1.78. The van der Waals surface area contributed by atoms with E-state index in [0.717, 1.165) is 37.3 Å². The maximum atomic E-state index is 12.3. The first-order valence-electron chi connectivity index (χ1n) is 6.30. The van der Waals surface area contributed by atoms with E-state index < -0.39 is 0 Å². The quantitative estimate of drug-likeness (QED) is 0.832. The number of H-pyrrole nitrogens is 1. The predicted octanol–water partition coefficient (Wildman–Crippen LogP) is 1.39. The molecule has 17 heavy (non-hydrogen) atoms. The summed E-state index contributed by atoms with van der Waals surface area (Å²) in [6.07, 6.45) is 4.16. The molecule has 1 fully saturated rings. The molecule has 1 aliphatic heterocycles. The van der Waals surface area contributed by atoms with Crippen LogP contribution >= 0.6 is 0 Å². The third kappa shape index (κ3) is 2.69. The minimum absolute atomic E-state index is 0.171. The van der Waals surface area contributed by atoms with Crippen LogP contribution in [0.3, 0.4) is 0 Å². The number of nitrogens with one attached hydrogen (secondary N) is 2. The summed E-state index contributed by atoms with van der Waals surface area (Å²) in [6.45, 7) is 4.71. The zero-order valence-electron chi connectivity index (χ0n) is 10.6. The van der Waals surface area contributed by atoms with Crippen LogP contribution in [0.15, 0.2) is 12.3 Å². The highest BCUT2D eigenvalue weighted by Crippen LogP contribution is 2.19. The Kier molecular flexibility index (Phi) is 3.84. The molecule has 1 saturated heterocycles. The van der Waals surface area contributed by atoms with Crippen LogP contribution in [0.4, 0.5) is 0 Å². The molecule has 0 unspecified atom stereocenters. The first kappa shape index (κ1) is 12.2. The number of carbonyl (C=O) groups is 1. The van der Waals surface area contributed by atoms with Gasteiger partial charge in [0, 0.05) is 25.0 Å². The lowest BCUT2D eigenvalue weighted by Gasteiger charge is -2.32. The fraction of sp³-hybridized carbons (Fsp3) is 0.615. The molecular formula is C13H21N3O. The first-order valence-corrected chi connectivity index (χ1v) is 6.30. The normalized spacial score (nSPS) is 20.6. The highest BCUT2D eigenvalue weighted by molar-refractivity contribution is 5.95. The largest absolute Gasteiger partial charge is 0.365 e. The van der Waals surface area contributed by atoms with Gasteiger partial charge in [0.15, 0.2) is 0 Å². The number of aryl methyl sites for hydroxylation is 1. The molecule has 1 aliphatic rings. The average Bonchev–Trinajstić information content (AvgIpc) is 2.75. The first-order chi connectivity index (χ1) is 8.22. The summed E-state index contributed by atoms with van der Waals surface area (Å²) in [5, 5.41) is 3.20. The Labute approximate surface area is 102 Å². The van der Waals surface area contributed by atoms with Crippen molar-refractivity contribution in [3.63, 3.8) is 0 Å². The summed E-state index contributed by atoms with van der Waals surface area (Å²) in [4.78, 5) is 17.4. The van der Waals surface area contributed by atoms with Crippen molar-refractivity contribution in [1.82, 2.24) is 15.2 Å². The minimum Gasteiger partial charge on any atom is -0.365 e. The fourth-order valence-corrected chi connectivity index (χ4v) is 2.56. The minimum atomic E-state index is 0.171. The van der Waals surface area contributed by atoms with Crippen molar-refractivity contribution in [2.24, 2.45) is 5.92 Å². The number of carbonyl (C=O) groups excluding carboxylic acids is 1. The Hall–Kier alpha value is -1.29. The molecule has 0 bridgehead atoms. The zero-order valence-corrected chi connectivity index (χ0v) is 10.6. The Morgan fingerprint density at radius 2 is 2.47 bits per heavy atom. The molecule has 0 aliphatic carbocycles. The second-order valence-corrected chi connectivity index (χ2v) is 4.83. The van der Waals surface area contributed by atoms with E-state index in [9.17, 15) is 4.79 Å². The monoisotopic (exact) mass is 235 g/mol. The van der Waals surface area contributed by atoms with Crippen LogP contribution < -0.4 is 5.32 Å². The number of amides is 1. The lowest BCUT2D eigenvalue weighted by atomic mass is 9.97. The number of hydrogen-bond acceptors (Lipinski definition) is 2. The molecule has 2 N–H and O–H groups in total. The van der Waals surface area contributed by atoms with Crippen molar-refractivity contribution < 1.29 is 4.79 Å². The van der Waals surface area contributed by atoms with Gasteiger partial charge >= 0.3 is 0 Å². The van der Waals surface area contributed by atoms with E-state index in [2.05, 4.69) is 10.3 Å². The van der Waals surface area contributed by atoms with Crippen molar-refractivity contribution in [1.29, 1.82) is 0 Å². The summed E-state index contributed by atoms with van der Waals surface area (Å²) in [6, 6.07) is 1.87. The molecule has 1 aromatic rings. The Morgan fingerprint density at radius 1 is 1.65 bits per heavy atom. The van der Waals surface area contributed by atoms with E-state index in [1.165, 1.54) is 6.42 Å². The van der Waals surface area contributed by atoms with Crippen molar-refractivity contribution in [2.45, 2.75) is 19.8 Å². The third-order valence-corrected chi connectivity index (χ3v) is 3.48. The summed E-state index contributed by atoms with van der Waals surface area (Å²) < 4.78 is 0. The molecule has 2 heterocycles. The van der Waals surface area contributed by atoms with Gasteiger partial charge in [-0.05, 0) is 45.3 Å². The number of piperidine rings is 1. The molecule has 1 atom stereocenters. The number of aromatic nitrogens is 1. The molecule has 1 aromatic heterocycles. The van der Waals surface area contributed by atoms with E-state index in [4.69, 9.17) is 0 Å². The van der Waals surface area contributed by atoms with Gasteiger partial charge in [0.05, 0.1) is 5.56 Å². The molecule has 0 radical (unpaired) electrons. The molecular weight excluding hydrogens is 214 g/mol. The Bertz CT molecular complexity index is 384. The van der Waals surface area contributed by atoms with Gasteiger partial charge in [-0.15, -0.1) is 0 Å². The molecule has 0 aromatic carbocycles. The molecule has 0 saturated carbocycles.